The molecule has 0 bridgehead atoms. The molecular weight excluding hydrogens is 228 g/mol. The van der Waals surface area contributed by atoms with Crippen LogP contribution in [0.2, 0.25) is 0 Å². The van der Waals surface area contributed by atoms with Crippen LogP contribution in [0.5, 0.6) is 0 Å². The summed E-state index contributed by atoms with van der Waals surface area (Å²) in [6.45, 7) is 6.96. The SMILES string of the molecule is CCN1CCC(N(C)CCCCCC(=O)O)CC1. The first-order valence-electron chi connectivity index (χ1n) is 7.28. The summed E-state index contributed by atoms with van der Waals surface area (Å²) in [6, 6.07) is 0.729. The molecule has 1 heterocycles. The fourth-order valence-electron chi connectivity index (χ4n) is 2.67. The van der Waals surface area contributed by atoms with Crippen molar-refractivity contribution >= 4 is 5.97 Å². The second-order valence-corrected chi connectivity index (χ2v) is 5.35. The lowest BCUT2D eigenvalue weighted by Crippen LogP contribution is -2.43. The van der Waals surface area contributed by atoms with Gasteiger partial charge in [-0.2, -0.15) is 0 Å². The van der Waals surface area contributed by atoms with Crippen LogP contribution in [0.25, 0.3) is 0 Å². The molecule has 1 fully saturated rings. The molecule has 0 aromatic heterocycles. The van der Waals surface area contributed by atoms with Gasteiger partial charge in [-0.25, -0.2) is 0 Å². The summed E-state index contributed by atoms with van der Waals surface area (Å²) >= 11 is 0. The van der Waals surface area contributed by atoms with Crippen LogP contribution in [0, 0.1) is 0 Å². The number of rotatable bonds is 8. The zero-order chi connectivity index (χ0) is 13.4. The molecule has 0 saturated carbocycles. The van der Waals surface area contributed by atoms with Gasteiger partial charge in [0.15, 0.2) is 0 Å². The molecule has 0 aromatic rings. The average molecular weight is 256 g/mol. The van der Waals surface area contributed by atoms with E-state index in [0.717, 1.165) is 31.8 Å². The molecule has 0 amide bonds. The first-order valence-corrected chi connectivity index (χ1v) is 7.28. The van der Waals surface area contributed by atoms with Gasteiger partial charge in [0, 0.05) is 12.5 Å². The van der Waals surface area contributed by atoms with Crippen molar-refractivity contribution in [1.82, 2.24) is 9.80 Å². The molecule has 1 N–H and O–H groups in total. The van der Waals surface area contributed by atoms with Gasteiger partial charge in [-0.3, -0.25) is 4.79 Å². The number of nitrogens with zero attached hydrogens (tertiary/aromatic N) is 2. The van der Waals surface area contributed by atoms with E-state index in [1.54, 1.807) is 0 Å². The van der Waals surface area contributed by atoms with Gasteiger partial charge in [0.2, 0.25) is 0 Å². The van der Waals surface area contributed by atoms with Crippen LogP contribution in [0.15, 0.2) is 0 Å². The van der Waals surface area contributed by atoms with Crippen LogP contribution in [0.3, 0.4) is 0 Å². The van der Waals surface area contributed by atoms with E-state index < -0.39 is 5.97 Å². The number of unbranched alkanes of at least 4 members (excludes halogenated alkanes) is 2. The first-order chi connectivity index (χ1) is 8.63. The second-order valence-electron chi connectivity index (χ2n) is 5.35. The van der Waals surface area contributed by atoms with Crippen LogP contribution in [-0.2, 0) is 4.79 Å². The maximum Gasteiger partial charge on any atom is 0.303 e. The number of hydrogen-bond donors (Lipinski definition) is 1. The first kappa shape index (κ1) is 15.4. The summed E-state index contributed by atoms with van der Waals surface area (Å²) in [4.78, 5) is 15.4. The molecule has 1 saturated heterocycles. The summed E-state index contributed by atoms with van der Waals surface area (Å²) in [5, 5.41) is 8.56. The number of piperidine rings is 1. The minimum absolute atomic E-state index is 0.318. The van der Waals surface area contributed by atoms with Crippen LogP contribution < -0.4 is 0 Å². The minimum atomic E-state index is -0.671. The lowest BCUT2D eigenvalue weighted by Gasteiger charge is -2.36. The zero-order valence-corrected chi connectivity index (χ0v) is 11.9. The Labute approximate surface area is 111 Å². The standard InChI is InChI=1S/C14H28N2O2/c1-3-16-11-8-13(9-12-16)15(2)10-6-4-5-7-14(17)18/h13H,3-12H2,1-2H3,(H,17,18). The average Bonchev–Trinajstić information content (AvgIpc) is 2.38. The van der Waals surface area contributed by atoms with Crippen molar-refractivity contribution in [2.45, 2.75) is 51.5 Å². The van der Waals surface area contributed by atoms with E-state index in [-0.39, 0.29) is 0 Å². The quantitative estimate of drug-likeness (QED) is 0.675. The molecule has 0 aliphatic carbocycles. The van der Waals surface area contributed by atoms with E-state index >= 15 is 0 Å². The molecule has 0 aromatic carbocycles. The predicted molar refractivity (Wildman–Crippen MR) is 73.9 cm³/mol. The third-order valence-corrected chi connectivity index (χ3v) is 4.03. The third-order valence-electron chi connectivity index (χ3n) is 4.03. The molecule has 106 valence electrons. The van der Waals surface area contributed by atoms with Crippen molar-refractivity contribution in [2.24, 2.45) is 0 Å². The highest BCUT2D eigenvalue weighted by atomic mass is 16.4. The fourth-order valence-corrected chi connectivity index (χ4v) is 2.67. The maximum absolute atomic E-state index is 10.4. The van der Waals surface area contributed by atoms with E-state index in [1.807, 2.05) is 0 Å². The van der Waals surface area contributed by atoms with Crippen molar-refractivity contribution in [3.05, 3.63) is 0 Å². The molecule has 1 aliphatic rings. The molecule has 0 radical (unpaired) electrons. The molecule has 4 heteroatoms. The van der Waals surface area contributed by atoms with Crippen LogP contribution in [0.1, 0.15) is 45.4 Å². The Morgan fingerprint density at radius 3 is 2.50 bits per heavy atom. The van der Waals surface area contributed by atoms with Gasteiger partial charge in [-0.15, -0.1) is 0 Å². The minimum Gasteiger partial charge on any atom is -0.481 e. The lowest BCUT2D eigenvalue weighted by molar-refractivity contribution is -0.137. The molecule has 1 aliphatic heterocycles. The lowest BCUT2D eigenvalue weighted by atomic mass is 10.0. The van der Waals surface area contributed by atoms with E-state index in [4.69, 9.17) is 5.11 Å². The van der Waals surface area contributed by atoms with Crippen LogP contribution >= 0.6 is 0 Å². The van der Waals surface area contributed by atoms with Crippen molar-refractivity contribution in [1.29, 1.82) is 0 Å². The predicted octanol–water partition coefficient (Wildman–Crippen LogP) is 2.05. The fraction of sp³-hybridized carbons (Fsp3) is 0.929. The molecule has 18 heavy (non-hydrogen) atoms. The number of carbonyl (C=O) groups is 1. The Balaban J connectivity index is 2.06. The molecule has 4 nitrogen and oxygen atoms in total. The monoisotopic (exact) mass is 256 g/mol. The summed E-state index contributed by atoms with van der Waals surface area (Å²) in [5.74, 6) is -0.671. The Bertz CT molecular complexity index is 238. The van der Waals surface area contributed by atoms with Crippen LogP contribution in [0.4, 0.5) is 0 Å². The molecule has 0 unspecified atom stereocenters. The van der Waals surface area contributed by atoms with Crippen molar-refractivity contribution in [3.8, 4) is 0 Å². The summed E-state index contributed by atoms with van der Waals surface area (Å²) < 4.78 is 0. The zero-order valence-electron chi connectivity index (χ0n) is 11.9. The Morgan fingerprint density at radius 2 is 1.94 bits per heavy atom. The number of hydrogen-bond acceptors (Lipinski definition) is 3. The highest BCUT2D eigenvalue weighted by Crippen LogP contribution is 2.15. The van der Waals surface area contributed by atoms with Crippen molar-refractivity contribution in [3.63, 3.8) is 0 Å². The van der Waals surface area contributed by atoms with Gasteiger partial charge in [0.1, 0.15) is 0 Å². The summed E-state index contributed by atoms with van der Waals surface area (Å²) in [6.07, 6.45) is 5.84. The molecule has 0 atom stereocenters. The topological polar surface area (TPSA) is 43.8 Å². The smallest absolute Gasteiger partial charge is 0.303 e. The Morgan fingerprint density at radius 1 is 1.28 bits per heavy atom. The number of carboxylic acid groups (broad SMARTS) is 1. The molecule has 0 spiro atoms. The number of carboxylic acids is 1. The summed E-state index contributed by atoms with van der Waals surface area (Å²) in [5.41, 5.74) is 0. The van der Waals surface area contributed by atoms with E-state index in [0.29, 0.717) is 6.42 Å². The molecular formula is C14H28N2O2. The van der Waals surface area contributed by atoms with Gasteiger partial charge in [-0.1, -0.05) is 13.3 Å². The highest BCUT2D eigenvalue weighted by Gasteiger charge is 2.20. The van der Waals surface area contributed by atoms with Gasteiger partial charge >= 0.3 is 5.97 Å². The van der Waals surface area contributed by atoms with Gasteiger partial charge in [0.25, 0.3) is 0 Å². The van der Waals surface area contributed by atoms with E-state index in [9.17, 15) is 4.79 Å². The summed E-state index contributed by atoms with van der Waals surface area (Å²) in [7, 11) is 2.21. The van der Waals surface area contributed by atoms with Gasteiger partial charge < -0.3 is 14.9 Å². The van der Waals surface area contributed by atoms with Crippen molar-refractivity contribution < 1.29 is 9.90 Å². The maximum atomic E-state index is 10.4. The van der Waals surface area contributed by atoms with Crippen molar-refractivity contribution in [2.75, 3.05) is 33.2 Å². The Hall–Kier alpha value is -0.610. The van der Waals surface area contributed by atoms with Crippen LogP contribution in [-0.4, -0.2) is 60.1 Å². The second kappa shape index (κ2) is 8.48. The Kier molecular flexibility index (Phi) is 7.28. The number of likely N-dealkylation sites (tertiary alicyclic amines) is 1. The van der Waals surface area contributed by atoms with E-state index in [2.05, 4.69) is 23.8 Å². The third kappa shape index (κ3) is 5.83. The largest absolute Gasteiger partial charge is 0.481 e. The number of aliphatic carboxylic acids is 1. The highest BCUT2D eigenvalue weighted by molar-refractivity contribution is 5.66. The molecule has 1 rings (SSSR count). The van der Waals surface area contributed by atoms with Gasteiger partial charge in [0.05, 0.1) is 0 Å². The normalized spacial score (nSPS) is 18.4. The van der Waals surface area contributed by atoms with Gasteiger partial charge in [-0.05, 0) is 58.9 Å². The van der Waals surface area contributed by atoms with E-state index in [1.165, 1.54) is 32.5 Å².